The molecule has 10 nitrogen and oxygen atoms in total. The summed E-state index contributed by atoms with van der Waals surface area (Å²) in [5, 5.41) is 3.44. The van der Waals surface area contributed by atoms with Gasteiger partial charge in [-0.15, -0.1) is 6.42 Å². The molecular formula is C64H74N8O2Si2Zn. The molecule has 0 fully saturated rings. The SMILES string of the molecule is C#C/C(CO[Si](C)(C)C(C)(C)C)=C(/C#Cc1ccc2c(c1)-c1nc-2nc2[n-]c(nc3nc(nc4[n-]c(n1)c1cc(C(C)(C)C)ccc41)-c1ccc(C(C)(C)C)cc1-3)c1ccc(C(C)(C)C)cc21)CO[Si](C)(C)C(C)(C)C.[Zn+2]. The fraction of sp³-hybridized carbons (Fsp3) is 0.406. The van der Waals surface area contributed by atoms with Gasteiger partial charge in [0.15, 0.2) is 16.6 Å². The first-order chi connectivity index (χ1) is 35.2. The monoisotopic (exact) mass is 1110 g/mol. The second-order valence-electron chi connectivity index (χ2n) is 26.7. The zero-order valence-corrected chi connectivity index (χ0v) is 54.0. The Bertz CT molecular complexity index is 3830. The van der Waals surface area contributed by atoms with E-state index in [0.717, 1.165) is 71.6 Å². The third kappa shape index (κ3) is 11.4. The van der Waals surface area contributed by atoms with Crippen LogP contribution < -0.4 is 9.97 Å². The summed E-state index contributed by atoms with van der Waals surface area (Å²) in [5.74, 6) is 11.9. The molecule has 4 aromatic carbocycles. The molecule has 0 atom stereocenters. The van der Waals surface area contributed by atoms with Gasteiger partial charge >= 0.3 is 19.5 Å². The smallest absolute Gasteiger partial charge is 0.412 e. The molecule has 8 bridgehead atoms. The average Bonchev–Trinajstić information content (AvgIpc) is 4.11. The van der Waals surface area contributed by atoms with E-state index < -0.39 is 16.6 Å². The van der Waals surface area contributed by atoms with Gasteiger partial charge in [-0.1, -0.05) is 164 Å². The summed E-state index contributed by atoms with van der Waals surface area (Å²) < 4.78 is 13.5. The third-order valence-electron chi connectivity index (χ3n) is 16.0. The first-order valence-corrected chi connectivity index (χ1v) is 32.3. The summed E-state index contributed by atoms with van der Waals surface area (Å²) in [6, 6.07) is 25.4. The Balaban J connectivity index is 0.00000784. The molecule has 77 heavy (non-hydrogen) atoms. The van der Waals surface area contributed by atoms with Gasteiger partial charge in [0, 0.05) is 61.6 Å². The summed E-state index contributed by atoms with van der Waals surface area (Å²) in [4.78, 5) is 42.2. The van der Waals surface area contributed by atoms with Crippen molar-refractivity contribution in [3.05, 3.63) is 106 Å². The van der Waals surface area contributed by atoms with Crippen LogP contribution in [-0.2, 0) is 44.6 Å². The van der Waals surface area contributed by atoms with Crippen molar-refractivity contribution in [2.24, 2.45) is 0 Å². The zero-order valence-electron chi connectivity index (χ0n) is 49.0. The van der Waals surface area contributed by atoms with Gasteiger partial charge in [-0.3, -0.25) is 0 Å². The van der Waals surface area contributed by atoms with E-state index in [4.69, 9.17) is 55.1 Å². The number of hydrogen-bond acceptors (Lipinski definition) is 8. The summed E-state index contributed by atoms with van der Waals surface area (Å²) in [7, 11) is -4.34. The van der Waals surface area contributed by atoms with Crippen molar-refractivity contribution in [2.45, 2.75) is 156 Å². The van der Waals surface area contributed by atoms with E-state index in [9.17, 15) is 0 Å². The van der Waals surface area contributed by atoms with Gasteiger partial charge < -0.3 is 38.8 Å². The van der Waals surface area contributed by atoms with Crippen LogP contribution in [0.3, 0.4) is 0 Å². The van der Waals surface area contributed by atoms with E-state index in [1.54, 1.807) is 0 Å². The number of fused-ring (bicyclic) bond motifs is 20. The Hall–Kier alpha value is -5.92. The van der Waals surface area contributed by atoms with Crippen LogP contribution in [0.4, 0.5) is 0 Å². The molecule has 0 unspecified atom stereocenters. The third-order valence-corrected chi connectivity index (χ3v) is 24.9. The number of terminal acetylenes is 1. The van der Waals surface area contributed by atoms with E-state index in [2.05, 4.69) is 202 Å². The van der Waals surface area contributed by atoms with Crippen molar-refractivity contribution in [1.82, 2.24) is 39.9 Å². The molecule has 0 saturated carbocycles. The fourth-order valence-electron chi connectivity index (χ4n) is 8.64. The molecular weight excluding hydrogens is 1030 g/mol. The Morgan fingerprint density at radius 2 is 0.818 bits per heavy atom. The molecule has 5 heterocycles. The predicted molar refractivity (Wildman–Crippen MR) is 319 cm³/mol. The summed E-state index contributed by atoms with van der Waals surface area (Å²) >= 11 is 0. The van der Waals surface area contributed by atoms with Crippen molar-refractivity contribution in [3.63, 3.8) is 0 Å². The second kappa shape index (κ2) is 20.1. The molecule has 0 radical (unpaired) electrons. The maximum Gasteiger partial charge on any atom is 2.00 e. The number of rotatable bonds is 6. The van der Waals surface area contributed by atoms with Crippen molar-refractivity contribution >= 4 is 60.8 Å². The van der Waals surface area contributed by atoms with Crippen LogP contribution in [0.25, 0.3) is 89.7 Å². The molecule has 392 valence electrons. The van der Waals surface area contributed by atoms with Crippen molar-refractivity contribution in [3.8, 4) is 69.7 Å². The molecule has 7 aromatic rings. The van der Waals surface area contributed by atoms with Gasteiger partial charge in [0.1, 0.15) is 0 Å². The van der Waals surface area contributed by atoms with Gasteiger partial charge in [0.05, 0.1) is 36.5 Å². The molecule has 0 saturated heterocycles. The van der Waals surface area contributed by atoms with E-state index in [-0.39, 0.29) is 59.0 Å². The Morgan fingerprint density at radius 3 is 1.23 bits per heavy atom. The normalized spacial score (nSPS) is 13.6. The van der Waals surface area contributed by atoms with Crippen LogP contribution in [0.15, 0.2) is 83.9 Å². The molecule has 3 aromatic heterocycles. The molecule has 9 rings (SSSR count). The summed E-state index contributed by atoms with van der Waals surface area (Å²) in [6.45, 7) is 42.8. The van der Waals surface area contributed by atoms with Crippen LogP contribution in [0.2, 0.25) is 36.3 Å². The van der Waals surface area contributed by atoms with E-state index in [0.29, 0.717) is 51.5 Å². The second-order valence-corrected chi connectivity index (χ2v) is 36.3. The van der Waals surface area contributed by atoms with E-state index >= 15 is 0 Å². The Labute approximate surface area is 471 Å². The predicted octanol–water partition coefficient (Wildman–Crippen LogP) is 15.3. The van der Waals surface area contributed by atoms with Gasteiger partial charge in [0.25, 0.3) is 0 Å². The number of aromatic nitrogens is 8. The maximum absolute atomic E-state index is 6.81. The zero-order chi connectivity index (χ0) is 55.3. The molecule has 2 aliphatic heterocycles. The van der Waals surface area contributed by atoms with Gasteiger partial charge in [-0.2, -0.15) is 0 Å². The van der Waals surface area contributed by atoms with Crippen LogP contribution >= 0.6 is 0 Å². The molecule has 0 N–H and O–H groups in total. The van der Waals surface area contributed by atoms with Gasteiger partial charge in [-0.25, -0.2) is 9.97 Å². The van der Waals surface area contributed by atoms with Gasteiger partial charge in [-0.05, 0) is 121 Å². The standard InChI is InChI=1S/C64H74N8O2Si2.Zn/c1-21-39(36-73-75(17,18)63(11,12)13)40(37-74-76(19,20)64(14,15)16)24-22-38-23-28-44-48(32-38)56-66-52(44)67-57-50-34-42(61(5,6)7)27-31-47(50)55(70-57)71-58-49-33-41(60(2,3)4)25-29-45(49)53(68-58)65-54-46-30-26-43(62(8,9)10)35-51(46)59(69-54)72-56;/h1,23,25-35H,36-37H2,2-20H3;/q-2;+2/b40-39+;. The molecule has 0 aliphatic carbocycles. The quantitative estimate of drug-likeness (QED) is 0.117. The molecule has 0 amide bonds. The minimum atomic E-state index is -2.19. The van der Waals surface area contributed by atoms with Crippen LogP contribution in [0.5, 0.6) is 0 Å². The topological polar surface area (TPSA) is 124 Å². The number of benzene rings is 4. The molecule has 0 spiro atoms. The first kappa shape index (κ1) is 57.3. The number of hydrogen-bond donors (Lipinski definition) is 0. The molecule has 13 heteroatoms. The van der Waals surface area contributed by atoms with Gasteiger partial charge in [0.2, 0.25) is 0 Å². The summed E-state index contributed by atoms with van der Waals surface area (Å²) in [5.41, 5.74) is 10.6. The van der Waals surface area contributed by atoms with E-state index in [1.165, 1.54) is 0 Å². The largest absolute Gasteiger partial charge is 2.00 e. The van der Waals surface area contributed by atoms with Crippen LogP contribution in [0.1, 0.15) is 126 Å². The maximum atomic E-state index is 6.81. The van der Waals surface area contributed by atoms with Crippen molar-refractivity contribution in [2.75, 3.05) is 13.2 Å². The minimum absolute atomic E-state index is 0. The molecule has 2 aliphatic rings. The fourth-order valence-corrected chi connectivity index (χ4v) is 10.5. The van der Waals surface area contributed by atoms with E-state index in [1.807, 2.05) is 18.2 Å². The van der Waals surface area contributed by atoms with Crippen LogP contribution in [0, 0.1) is 24.2 Å². The number of nitrogens with zero attached hydrogens (tertiary/aromatic N) is 8. The first-order valence-electron chi connectivity index (χ1n) is 26.5. The Morgan fingerprint density at radius 1 is 0.455 bits per heavy atom. The van der Waals surface area contributed by atoms with Crippen LogP contribution in [-0.4, -0.2) is 59.8 Å². The average molecular weight is 1110 g/mol. The minimum Gasteiger partial charge on any atom is -0.412 e. The summed E-state index contributed by atoms with van der Waals surface area (Å²) in [6.07, 6.45) is 6.32. The van der Waals surface area contributed by atoms with Crippen molar-refractivity contribution in [1.29, 1.82) is 0 Å². The Kier molecular flexibility index (Phi) is 14.9. The van der Waals surface area contributed by atoms with Crippen molar-refractivity contribution < 1.29 is 28.3 Å².